The van der Waals surface area contributed by atoms with Gasteiger partial charge in [-0.3, -0.25) is 4.90 Å². The van der Waals surface area contributed by atoms with Gasteiger partial charge in [0.05, 0.1) is 18.8 Å². The first-order valence-electron chi connectivity index (χ1n) is 6.02. The van der Waals surface area contributed by atoms with Crippen LogP contribution in [-0.2, 0) is 4.74 Å². The maximum atomic E-state index is 10.3. The first-order valence-corrected chi connectivity index (χ1v) is 6.02. The predicted molar refractivity (Wildman–Crippen MR) is 58.9 cm³/mol. The van der Waals surface area contributed by atoms with Gasteiger partial charge >= 0.3 is 0 Å². The highest BCUT2D eigenvalue weighted by atomic mass is 16.5. The van der Waals surface area contributed by atoms with Crippen LogP contribution in [0, 0.1) is 0 Å². The van der Waals surface area contributed by atoms with Gasteiger partial charge in [-0.25, -0.2) is 0 Å². The summed E-state index contributed by atoms with van der Waals surface area (Å²) < 4.78 is 5.30. The molecule has 0 spiro atoms. The molecule has 0 radical (unpaired) electrons. The van der Waals surface area contributed by atoms with Crippen LogP contribution in [0.15, 0.2) is 0 Å². The highest BCUT2D eigenvalue weighted by Gasteiger charge is 2.29. The molecule has 88 valence electrons. The second-order valence-corrected chi connectivity index (χ2v) is 4.71. The summed E-state index contributed by atoms with van der Waals surface area (Å²) in [6.07, 6.45) is 2.93. The molecule has 4 nitrogen and oxygen atoms in total. The van der Waals surface area contributed by atoms with E-state index in [1.165, 1.54) is 0 Å². The minimum atomic E-state index is -0.462. The predicted octanol–water partition coefficient (Wildman–Crippen LogP) is -0.177. The van der Waals surface area contributed by atoms with E-state index in [-0.39, 0.29) is 0 Å². The molecule has 0 amide bonds. The highest BCUT2D eigenvalue weighted by molar-refractivity contribution is 4.86. The van der Waals surface area contributed by atoms with Crippen LogP contribution >= 0.6 is 0 Å². The SMILES string of the molecule is OC1(CCN2CCOCC2)CCCNC1. The van der Waals surface area contributed by atoms with Crippen molar-refractivity contribution in [2.75, 3.05) is 45.9 Å². The van der Waals surface area contributed by atoms with E-state index in [1.54, 1.807) is 0 Å². The number of nitrogens with zero attached hydrogens (tertiary/aromatic N) is 1. The Balaban J connectivity index is 1.70. The number of β-amino-alcohol motifs (C(OH)–C–C–N with tert-alkyl or cyclic N) is 1. The van der Waals surface area contributed by atoms with Crippen molar-refractivity contribution in [1.82, 2.24) is 10.2 Å². The molecule has 2 saturated heterocycles. The summed E-state index contributed by atoms with van der Waals surface area (Å²) in [5.41, 5.74) is -0.462. The van der Waals surface area contributed by atoms with Gasteiger partial charge in [0, 0.05) is 26.2 Å². The third-order valence-corrected chi connectivity index (χ3v) is 3.45. The van der Waals surface area contributed by atoms with Crippen molar-refractivity contribution in [2.45, 2.75) is 24.9 Å². The maximum Gasteiger partial charge on any atom is 0.0784 e. The molecule has 4 heteroatoms. The summed E-state index contributed by atoms with van der Waals surface area (Å²) in [6.45, 7) is 6.54. The molecular formula is C11H22N2O2. The van der Waals surface area contributed by atoms with Crippen molar-refractivity contribution in [3.05, 3.63) is 0 Å². The van der Waals surface area contributed by atoms with E-state index in [2.05, 4.69) is 10.2 Å². The molecule has 1 unspecified atom stereocenters. The Bertz CT molecular complexity index is 187. The second-order valence-electron chi connectivity index (χ2n) is 4.71. The van der Waals surface area contributed by atoms with E-state index >= 15 is 0 Å². The van der Waals surface area contributed by atoms with Gasteiger partial charge in [-0.2, -0.15) is 0 Å². The Morgan fingerprint density at radius 2 is 2.13 bits per heavy atom. The third-order valence-electron chi connectivity index (χ3n) is 3.45. The molecule has 0 aromatic heterocycles. The van der Waals surface area contributed by atoms with Gasteiger partial charge in [-0.15, -0.1) is 0 Å². The van der Waals surface area contributed by atoms with Crippen LogP contribution < -0.4 is 5.32 Å². The van der Waals surface area contributed by atoms with Crippen LogP contribution in [0.1, 0.15) is 19.3 Å². The Labute approximate surface area is 91.6 Å². The number of morpholine rings is 1. The van der Waals surface area contributed by atoms with Crippen LogP contribution in [-0.4, -0.2) is 61.5 Å². The van der Waals surface area contributed by atoms with Crippen molar-refractivity contribution in [1.29, 1.82) is 0 Å². The summed E-state index contributed by atoms with van der Waals surface area (Å²) in [5, 5.41) is 13.6. The van der Waals surface area contributed by atoms with Crippen molar-refractivity contribution in [3.63, 3.8) is 0 Å². The van der Waals surface area contributed by atoms with Gasteiger partial charge in [-0.1, -0.05) is 0 Å². The largest absolute Gasteiger partial charge is 0.389 e. The van der Waals surface area contributed by atoms with Crippen molar-refractivity contribution in [2.24, 2.45) is 0 Å². The normalized spacial score (nSPS) is 34.2. The van der Waals surface area contributed by atoms with Gasteiger partial charge in [0.1, 0.15) is 0 Å². The topological polar surface area (TPSA) is 44.7 Å². The van der Waals surface area contributed by atoms with Gasteiger partial charge in [0.15, 0.2) is 0 Å². The molecule has 0 bridgehead atoms. The maximum absolute atomic E-state index is 10.3. The lowest BCUT2D eigenvalue weighted by Gasteiger charge is -2.35. The summed E-state index contributed by atoms with van der Waals surface area (Å²) in [5.74, 6) is 0. The van der Waals surface area contributed by atoms with E-state index < -0.39 is 5.60 Å². The Hall–Kier alpha value is -0.160. The van der Waals surface area contributed by atoms with E-state index in [4.69, 9.17) is 4.74 Å². The molecule has 2 heterocycles. The Morgan fingerprint density at radius 1 is 1.33 bits per heavy atom. The van der Waals surface area contributed by atoms with Crippen molar-refractivity contribution < 1.29 is 9.84 Å². The fraction of sp³-hybridized carbons (Fsp3) is 1.00. The lowest BCUT2D eigenvalue weighted by molar-refractivity contribution is -0.0147. The number of piperidine rings is 1. The van der Waals surface area contributed by atoms with Gasteiger partial charge in [0.2, 0.25) is 0 Å². The van der Waals surface area contributed by atoms with Gasteiger partial charge < -0.3 is 15.2 Å². The minimum absolute atomic E-state index is 0.462. The fourth-order valence-electron chi connectivity index (χ4n) is 2.36. The quantitative estimate of drug-likeness (QED) is 0.684. The molecule has 2 N–H and O–H groups in total. The van der Waals surface area contributed by atoms with E-state index in [1.807, 2.05) is 0 Å². The third kappa shape index (κ3) is 3.41. The molecule has 0 saturated carbocycles. The van der Waals surface area contributed by atoms with E-state index in [0.717, 1.165) is 65.2 Å². The van der Waals surface area contributed by atoms with Crippen LogP contribution in [0.4, 0.5) is 0 Å². The van der Waals surface area contributed by atoms with Crippen molar-refractivity contribution >= 4 is 0 Å². The molecule has 2 aliphatic rings. The van der Waals surface area contributed by atoms with Crippen LogP contribution in [0.25, 0.3) is 0 Å². The second kappa shape index (κ2) is 5.25. The van der Waals surface area contributed by atoms with Crippen LogP contribution in [0.2, 0.25) is 0 Å². The number of rotatable bonds is 3. The molecule has 0 aliphatic carbocycles. The lowest BCUT2D eigenvalue weighted by Crippen LogP contribution is -2.48. The Morgan fingerprint density at radius 3 is 2.80 bits per heavy atom. The van der Waals surface area contributed by atoms with Crippen LogP contribution in [0.3, 0.4) is 0 Å². The average Bonchev–Trinajstić information content (AvgIpc) is 2.29. The summed E-state index contributed by atoms with van der Waals surface area (Å²) in [4.78, 5) is 2.38. The van der Waals surface area contributed by atoms with E-state index in [9.17, 15) is 5.11 Å². The van der Waals surface area contributed by atoms with Gasteiger partial charge in [0.25, 0.3) is 0 Å². The molecule has 1 atom stereocenters. The first kappa shape index (κ1) is 11.3. The monoisotopic (exact) mass is 214 g/mol. The number of nitrogens with one attached hydrogen (secondary N) is 1. The van der Waals surface area contributed by atoms with E-state index in [0.29, 0.717) is 0 Å². The summed E-state index contributed by atoms with van der Waals surface area (Å²) >= 11 is 0. The summed E-state index contributed by atoms with van der Waals surface area (Å²) in [7, 11) is 0. The van der Waals surface area contributed by atoms with Gasteiger partial charge in [-0.05, 0) is 25.8 Å². The number of ether oxygens (including phenoxy) is 1. The summed E-state index contributed by atoms with van der Waals surface area (Å²) in [6, 6.07) is 0. The Kier molecular flexibility index (Phi) is 3.97. The highest BCUT2D eigenvalue weighted by Crippen LogP contribution is 2.20. The number of hydrogen-bond acceptors (Lipinski definition) is 4. The number of aliphatic hydroxyl groups is 1. The molecule has 2 aliphatic heterocycles. The molecule has 0 aromatic rings. The minimum Gasteiger partial charge on any atom is -0.389 e. The molecule has 0 aromatic carbocycles. The molecule has 2 rings (SSSR count). The molecular weight excluding hydrogens is 192 g/mol. The fourth-order valence-corrected chi connectivity index (χ4v) is 2.36. The standard InChI is InChI=1S/C11H22N2O2/c14-11(2-1-4-12-10-11)3-5-13-6-8-15-9-7-13/h12,14H,1-10H2. The van der Waals surface area contributed by atoms with Crippen molar-refractivity contribution in [3.8, 4) is 0 Å². The zero-order chi connectivity index (χ0) is 10.6. The van der Waals surface area contributed by atoms with Crippen LogP contribution in [0.5, 0.6) is 0 Å². The number of hydrogen-bond donors (Lipinski definition) is 2. The molecule has 2 fully saturated rings. The smallest absolute Gasteiger partial charge is 0.0784 e. The lowest BCUT2D eigenvalue weighted by atomic mass is 9.90. The molecule has 15 heavy (non-hydrogen) atoms. The zero-order valence-corrected chi connectivity index (χ0v) is 9.37. The first-order chi connectivity index (χ1) is 7.29. The average molecular weight is 214 g/mol. The zero-order valence-electron chi connectivity index (χ0n) is 9.37.